The Hall–Kier alpha value is -2.16. The number of hydrogen-bond donors (Lipinski definition) is 2. The zero-order chi connectivity index (χ0) is 13.3. The average Bonchev–Trinajstić information content (AvgIpc) is 2.58. The van der Waals surface area contributed by atoms with Crippen LogP contribution in [0.2, 0.25) is 0 Å². The van der Waals surface area contributed by atoms with E-state index in [-0.39, 0.29) is 16.5 Å². The molecule has 2 rings (SSSR count). The highest BCUT2D eigenvalue weighted by Crippen LogP contribution is 2.18. The summed E-state index contributed by atoms with van der Waals surface area (Å²) in [5.74, 6) is -1.05. The molecule has 0 bridgehead atoms. The van der Waals surface area contributed by atoms with Crippen molar-refractivity contribution in [2.45, 2.75) is 4.90 Å². The molecule has 0 aromatic carbocycles. The molecule has 0 fully saturated rings. The number of anilines is 2. The summed E-state index contributed by atoms with van der Waals surface area (Å²) in [4.78, 5) is 3.21. The van der Waals surface area contributed by atoms with Crippen molar-refractivity contribution in [3.05, 3.63) is 30.3 Å². The minimum absolute atomic E-state index is 0.127. The third-order valence-corrected chi connectivity index (χ3v) is 3.44. The highest BCUT2D eigenvalue weighted by molar-refractivity contribution is 7.92. The second-order valence-electron chi connectivity index (χ2n) is 3.50. The molecule has 0 spiro atoms. The lowest BCUT2D eigenvalue weighted by atomic mass is 10.5. The van der Waals surface area contributed by atoms with Gasteiger partial charge in [0, 0.05) is 13.2 Å². The van der Waals surface area contributed by atoms with Gasteiger partial charge in [0.25, 0.3) is 10.0 Å². The number of nitrogen functional groups attached to an aromatic ring is 1. The van der Waals surface area contributed by atoms with Crippen molar-refractivity contribution < 1.29 is 12.8 Å². The van der Waals surface area contributed by atoms with Crippen LogP contribution in [0.15, 0.2) is 29.3 Å². The third kappa shape index (κ3) is 2.40. The first kappa shape index (κ1) is 12.3. The predicted octanol–water partition coefficient (Wildman–Crippen LogP) is 0.337. The summed E-state index contributed by atoms with van der Waals surface area (Å²) in [5.41, 5.74) is 5.47. The van der Waals surface area contributed by atoms with Crippen LogP contribution in [0.1, 0.15) is 0 Å². The van der Waals surface area contributed by atoms with E-state index < -0.39 is 16.0 Å². The Labute approximate surface area is 102 Å². The summed E-state index contributed by atoms with van der Waals surface area (Å²) in [7, 11) is -2.39. The molecule has 3 N–H and O–H groups in total. The lowest BCUT2D eigenvalue weighted by Crippen LogP contribution is -2.15. The summed E-state index contributed by atoms with van der Waals surface area (Å²) in [6.07, 6.45) is 1.25. The normalized spacial score (nSPS) is 11.4. The van der Waals surface area contributed by atoms with Crippen LogP contribution in [-0.4, -0.2) is 23.2 Å². The number of aryl methyl sites for hydroxylation is 1. The molecule has 9 heteroatoms. The van der Waals surface area contributed by atoms with Gasteiger partial charge in [-0.15, -0.1) is 0 Å². The maximum Gasteiger partial charge on any atom is 0.268 e. The highest BCUT2D eigenvalue weighted by Gasteiger charge is 2.21. The van der Waals surface area contributed by atoms with Crippen LogP contribution in [0, 0.1) is 5.95 Å². The van der Waals surface area contributed by atoms with Gasteiger partial charge < -0.3 is 5.73 Å². The van der Waals surface area contributed by atoms with Crippen molar-refractivity contribution in [2.24, 2.45) is 7.05 Å². The molecule has 96 valence electrons. The molecular weight excluding hydrogens is 261 g/mol. The number of halogens is 1. The lowest BCUT2D eigenvalue weighted by molar-refractivity contribution is 0.584. The molecular formula is C9H10FN5O2S. The molecule has 0 aliphatic heterocycles. The molecule has 2 heterocycles. The summed E-state index contributed by atoms with van der Waals surface area (Å²) in [6, 6.07) is 3.77. The van der Waals surface area contributed by atoms with E-state index in [4.69, 9.17) is 5.73 Å². The monoisotopic (exact) mass is 271 g/mol. The van der Waals surface area contributed by atoms with Gasteiger partial charge in [-0.1, -0.05) is 6.07 Å². The number of pyridine rings is 1. The number of hydrogen-bond acceptors (Lipinski definition) is 5. The topological polar surface area (TPSA) is 103 Å². The van der Waals surface area contributed by atoms with E-state index >= 15 is 0 Å². The highest BCUT2D eigenvalue weighted by atomic mass is 32.2. The van der Waals surface area contributed by atoms with Gasteiger partial charge in [0.2, 0.25) is 5.95 Å². The Morgan fingerprint density at radius 3 is 2.72 bits per heavy atom. The summed E-state index contributed by atoms with van der Waals surface area (Å²) < 4.78 is 40.1. The smallest absolute Gasteiger partial charge is 0.268 e. The molecule has 0 saturated carbocycles. The van der Waals surface area contributed by atoms with E-state index in [0.717, 1.165) is 6.07 Å². The van der Waals surface area contributed by atoms with Crippen molar-refractivity contribution in [1.29, 1.82) is 0 Å². The quantitative estimate of drug-likeness (QED) is 0.783. The van der Waals surface area contributed by atoms with Gasteiger partial charge in [0.15, 0.2) is 5.82 Å². The standard InChI is InChI=1S/C9H10FN5O2S/c1-15-5-6(9(11)13-15)18(16,17)14-8-4-2-3-7(10)12-8/h2-5H,1H3,(H2,11,13)(H,12,14). The van der Waals surface area contributed by atoms with Crippen LogP contribution in [0.4, 0.5) is 16.0 Å². The van der Waals surface area contributed by atoms with Gasteiger partial charge >= 0.3 is 0 Å². The molecule has 2 aromatic heterocycles. The van der Waals surface area contributed by atoms with Gasteiger partial charge in [0.1, 0.15) is 10.7 Å². The average molecular weight is 271 g/mol. The summed E-state index contributed by atoms with van der Waals surface area (Å²) in [6.45, 7) is 0. The number of rotatable bonds is 3. The van der Waals surface area contributed by atoms with Gasteiger partial charge in [-0.05, 0) is 12.1 Å². The molecule has 0 amide bonds. The Bertz CT molecular complexity index is 682. The fraction of sp³-hybridized carbons (Fsp3) is 0.111. The van der Waals surface area contributed by atoms with E-state index in [1.807, 2.05) is 0 Å². The van der Waals surface area contributed by atoms with Crippen molar-refractivity contribution in [3.63, 3.8) is 0 Å². The molecule has 7 nitrogen and oxygen atoms in total. The van der Waals surface area contributed by atoms with Crippen LogP contribution >= 0.6 is 0 Å². The molecule has 0 atom stereocenters. The molecule has 0 aliphatic rings. The largest absolute Gasteiger partial charge is 0.381 e. The van der Waals surface area contributed by atoms with Crippen molar-refractivity contribution in [3.8, 4) is 0 Å². The maximum absolute atomic E-state index is 12.8. The molecule has 0 aliphatic carbocycles. The zero-order valence-electron chi connectivity index (χ0n) is 9.33. The van der Waals surface area contributed by atoms with E-state index in [9.17, 15) is 12.8 Å². The van der Waals surface area contributed by atoms with Crippen molar-refractivity contribution in [2.75, 3.05) is 10.5 Å². The summed E-state index contributed by atoms with van der Waals surface area (Å²) >= 11 is 0. The SMILES string of the molecule is Cn1cc(S(=O)(=O)Nc2cccc(F)n2)c(N)n1. The van der Waals surface area contributed by atoms with Crippen LogP contribution in [0.5, 0.6) is 0 Å². The number of aromatic nitrogens is 3. The lowest BCUT2D eigenvalue weighted by Gasteiger charge is -2.05. The van der Waals surface area contributed by atoms with Gasteiger partial charge in [-0.3, -0.25) is 9.40 Å². The second kappa shape index (κ2) is 4.26. The number of sulfonamides is 1. The maximum atomic E-state index is 12.8. The first-order valence-corrected chi connectivity index (χ1v) is 6.31. The minimum atomic E-state index is -3.93. The Kier molecular flexibility index (Phi) is 2.91. The first-order valence-electron chi connectivity index (χ1n) is 4.83. The number of nitrogens with one attached hydrogen (secondary N) is 1. The molecule has 0 unspecified atom stereocenters. The van der Waals surface area contributed by atoms with E-state index in [0.29, 0.717) is 0 Å². The summed E-state index contributed by atoms with van der Waals surface area (Å²) in [5, 5.41) is 3.72. The van der Waals surface area contributed by atoms with Crippen LogP contribution < -0.4 is 10.5 Å². The van der Waals surface area contributed by atoms with Crippen molar-refractivity contribution in [1.82, 2.24) is 14.8 Å². The van der Waals surface area contributed by atoms with Crippen LogP contribution in [-0.2, 0) is 17.1 Å². The molecule has 18 heavy (non-hydrogen) atoms. The number of nitrogens with two attached hydrogens (primary N) is 1. The fourth-order valence-corrected chi connectivity index (χ4v) is 2.46. The first-order chi connectivity index (χ1) is 8.38. The molecule has 2 aromatic rings. The van der Waals surface area contributed by atoms with Gasteiger partial charge in [0.05, 0.1) is 0 Å². The molecule has 0 radical (unpaired) electrons. The third-order valence-electron chi connectivity index (χ3n) is 2.07. The predicted molar refractivity (Wildman–Crippen MR) is 62.6 cm³/mol. The van der Waals surface area contributed by atoms with Gasteiger partial charge in [-0.25, -0.2) is 13.4 Å². The Balaban J connectivity index is 2.36. The van der Waals surface area contributed by atoms with E-state index in [1.54, 1.807) is 0 Å². The van der Waals surface area contributed by atoms with Crippen molar-refractivity contribution >= 4 is 21.7 Å². The zero-order valence-corrected chi connectivity index (χ0v) is 10.1. The van der Waals surface area contributed by atoms with E-state index in [2.05, 4.69) is 14.8 Å². The Morgan fingerprint density at radius 1 is 1.44 bits per heavy atom. The Morgan fingerprint density at radius 2 is 2.17 bits per heavy atom. The minimum Gasteiger partial charge on any atom is -0.381 e. The molecule has 0 saturated heterocycles. The van der Waals surface area contributed by atoms with E-state index in [1.165, 1.54) is 30.1 Å². The van der Waals surface area contributed by atoms with Gasteiger partial charge in [-0.2, -0.15) is 9.49 Å². The van der Waals surface area contributed by atoms with Crippen LogP contribution in [0.25, 0.3) is 0 Å². The second-order valence-corrected chi connectivity index (χ2v) is 5.15. The number of nitrogens with zero attached hydrogens (tertiary/aromatic N) is 3. The fourth-order valence-electron chi connectivity index (χ4n) is 1.35. The van der Waals surface area contributed by atoms with Crippen LogP contribution in [0.3, 0.4) is 0 Å².